The van der Waals surface area contributed by atoms with Gasteiger partial charge in [-0.05, 0) is 24.3 Å². The first kappa shape index (κ1) is 23.5. The molecule has 0 unspecified atom stereocenters. The summed E-state index contributed by atoms with van der Waals surface area (Å²) in [5.41, 5.74) is 0.211. The molecule has 0 radical (unpaired) electrons. The summed E-state index contributed by atoms with van der Waals surface area (Å²) in [5, 5.41) is 4.29. The van der Waals surface area contributed by atoms with Crippen LogP contribution in [0.25, 0.3) is 11.3 Å². The van der Waals surface area contributed by atoms with Crippen molar-refractivity contribution in [3.8, 4) is 11.4 Å². The van der Waals surface area contributed by atoms with Crippen LogP contribution < -0.4 is 19.7 Å². The quantitative estimate of drug-likeness (QED) is 0.397. The van der Waals surface area contributed by atoms with Gasteiger partial charge in [0.1, 0.15) is 11.3 Å². The number of nitrogens with zero attached hydrogens (tertiary/aromatic N) is 4. The van der Waals surface area contributed by atoms with Crippen molar-refractivity contribution in [2.24, 2.45) is 0 Å². The molecule has 2 aliphatic rings. The van der Waals surface area contributed by atoms with Crippen LogP contribution in [-0.2, 0) is 0 Å². The molecule has 0 amide bonds. The maximum Gasteiger partial charge on any atom is 0.344 e. The SMILES string of the molecule is COc1cn(-c2cccc(N3CC(F)(F)C(F)(F)C3)c2F)nc(C2=CC=[N+]=C2c2ccccc2)c1=O. The Kier molecular flexibility index (Phi) is 5.52. The van der Waals surface area contributed by atoms with E-state index in [2.05, 4.69) is 9.77 Å². The number of halogens is 5. The van der Waals surface area contributed by atoms with E-state index in [0.29, 0.717) is 16.2 Å². The number of hydrogen-bond acceptors (Lipinski definition) is 4. The van der Waals surface area contributed by atoms with E-state index in [9.17, 15) is 22.4 Å². The van der Waals surface area contributed by atoms with Crippen molar-refractivity contribution in [1.29, 1.82) is 0 Å². The van der Waals surface area contributed by atoms with Crippen molar-refractivity contribution in [2.45, 2.75) is 11.8 Å². The molecule has 3 heterocycles. The van der Waals surface area contributed by atoms with Gasteiger partial charge in [-0.2, -0.15) is 22.7 Å². The summed E-state index contributed by atoms with van der Waals surface area (Å²) in [4.78, 5) is 13.7. The zero-order chi connectivity index (χ0) is 25.7. The lowest BCUT2D eigenvalue weighted by atomic mass is 10.0. The molecular formula is C25H18F5N4O2+. The normalized spacial score (nSPS) is 17.8. The predicted molar refractivity (Wildman–Crippen MR) is 125 cm³/mol. The third-order valence-corrected chi connectivity index (χ3v) is 5.97. The molecule has 1 fully saturated rings. The van der Waals surface area contributed by atoms with Gasteiger partial charge in [0.2, 0.25) is 5.43 Å². The molecule has 0 spiro atoms. The summed E-state index contributed by atoms with van der Waals surface area (Å²) in [7, 11) is 1.26. The zero-order valence-electron chi connectivity index (χ0n) is 18.8. The van der Waals surface area contributed by atoms with Gasteiger partial charge in [-0.3, -0.25) is 4.79 Å². The summed E-state index contributed by atoms with van der Waals surface area (Å²) < 4.78 is 81.1. The van der Waals surface area contributed by atoms with Gasteiger partial charge >= 0.3 is 17.6 Å². The standard InChI is InChI=1S/C25H18F5N4O2/c1-36-19-12-34(18-9-5-8-17(20(18)26)33-13-24(27,28)25(29,30)14-33)32-22(23(19)35)16-10-11-31-21(16)15-6-3-2-4-7-15/h2-12H,13-14H2,1H3/q+1. The van der Waals surface area contributed by atoms with Crippen molar-refractivity contribution in [2.75, 3.05) is 25.1 Å². The van der Waals surface area contributed by atoms with E-state index in [-0.39, 0.29) is 17.1 Å². The molecule has 184 valence electrons. The van der Waals surface area contributed by atoms with E-state index in [4.69, 9.17) is 4.74 Å². The molecule has 3 aromatic rings. The largest absolute Gasteiger partial charge is 0.491 e. The summed E-state index contributed by atoms with van der Waals surface area (Å²) in [6, 6.07) is 12.8. The van der Waals surface area contributed by atoms with E-state index in [1.807, 2.05) is 6.07 Å². The average Bonchev–Trinajstić information content (AvgIpc) is 3.41. The number of benzene rings is 2. The highest BCUT2D eigenvalue weighted by molar-refractivity contribution is 6.35. The number of rotatable bonds is 5. The third kappa shape index (κ3) is 3.77. The predicted octanol–water partition coefficient (Wildman–Crippen LogP) is 3.50. The Bertz CT molecular complexity index is 1490. The highest BCUT2D eigenvalue weighted by atomic mass is 19.3. The Balaban J connectivity index is 1.60. The highest BCUT2D eigenvalue weighted by Gasteiger charge is 2.63. The summed E-state index contributed by atoms with van der Waals surface area (Å²) in [6.07, 6.45) is 4.22. The molecule has 0 saturated carbocycles. The lowest BCUT2D eigenvalue weighted by Crippen LogP contribution is -2.38. The lowest BCUT2D eigenvalue weighted by molar-refractivity contribution is -0.172. The minimum absolute atomic E-state index is 0.0882. The number of methoxy groups -OCH3 is 1. The fourth-order valence-electron chi connectivity index (χ4n) is 4.13. The van der Waals surface area contributed by atoms with Crippen LogP contribution >= 0.6 is 0 Å². The number of anilines is 1. The van der Waals surface area contributed by atoms with Gasteiger partial charge in [0, 0.05) is 6.08 Å². The van der Waals surface area contributed by atoms with Crippen LogP contribution in [0.4, 0.5) is 27.6 Å². The molecular weight excluding hydrogens is 483 g/mol. The molecule has 1 saturated heterocycles. The molecule has 2 aliphatic heterocycles. The Morgan fingerprint density at radius 3 is 2.31 bits per heavy atom. The Labute approximate surface area is 201 Å². The molecule has 36 heavy (non-hydrogen) atoms. The van der Waals surface area contributed by atoms with Crippen LogP contribution in [0.2, 0.25) is 0 Å². The second kappa shape index (κ2) is 8.46. The second-order valence-corrected chi connectivity index (χ2v) is 8.27. The first-order chi connectivity index (χ1) is 17.1. The van der Waals surface area contributed by atoms with Crippen LogP contribution in [-0.4, -0.2) is 53.8 Å². The molecule has 0 aliphatic carbocycles. The van der Waals surface area contributed by atoms with Crippen molar-refractivity contribution in [3.05, 3.63) is 88.1 Å². The number of allylic oxidation sites excluding steroid dienone is 2. The van der Waals surface area contributed by atoms with Crippen molar-refractivity contribution < 1.29 is 26.7 Å². The van der Waals surface area contributed by atoms with Crippen LogP contribution in [0.15, 0.2) is 65.6 Å². The van der Waals surface area contributed by atoms with Crippen LogP contribution in [0.5, 0.6) is 5.75 Å². The number of aromatic nitrogens is 2. The third-order valence-electron chi connectivity index (χ3n) is 5.97. The van der Waals surface area contributed by atoms with E-state index in [1.54, 1.807) is 30.3 Å². The first-order valence-electron chi connectivity index (χ1n) is 10.8. The van der Waals surface area contributed by atoms with Gasteiger partial charge in [-0.15, -0.1) is 0 Å². The molecule has 1 aromatic heterocycles. The van der Waals surface area contributed by atoms with Crippen LogP contribution in [0.3, 0.4) is 0 Å². The van der Waals surface area contributed by atoms with E-state index in [0.717, 1.165) is 22.5 Å². The topological polar surface area (TPSA) is 61.5 Å². The van der Waals surface area contributed by atoms with Crippen molar-refractivity contribution in [1.82, 2.24) is 14.4 Å². The monoisotopic (exact) mass is 501 g/mol. The van der Waals surface area contributed by atoms with Gasteiger partial charge in [-0.1, -0.05) is 28.9 Å². The summed E-state index contributed by atoms with van der Waals surface area (Å²) in [5.74, 6) is -9.83. The van der Waals surface area contributed by atoms with Crippen molar-refractivity contribution in [3.63, 3.8) is 0 Å². The molecule has 5 rings (SSSR count). The maximum atomic E-state index is 15.5. The molecule has 6 nitrogen and oxygen atoms in total. The molecule has 11 heteroatoms. The lowest BCUT2D eigenvalue weighted by Gasteiger charge is -2.20. The minimum atomic E-state index is -4.31. The zero-order valence-corrected chi connectivity index (χ0v) is 18.8. The molecule has 0 bridgehead atoms. The Morgan fingerprint density at radius 2 is 1.64 bits per heavy atom. The van der Waals surface area contributed by atoms with E-state index in [1.165, 1.54) is 25.5 Å². The Hall–Kier alpha value is -4.24. The maximum absolute atomic E-state index is 15.5. The van der Waals surface area contributed by atoms with Gasteiger partial charge in [0.05, 0.1) is 37.6 Å². The van der Waals surface area contributed by atoms with Crippen LogP contribution in [0, 0.1) is 5.82 Å². The van der Waals surface area contributed by atoms with E-state index >= 15 is 4.39 Å². The molecule has 0 N–H and O–H groups in total. The average molecular weight is 501 g/mol. The fourth-order valence-corrected chi connectivity index (χ4v) is 4.13. The fraction of sp³-hybridized carbons (Fsp3) is 0.200. The van der Waals surface area contributed by atoms with Gasteiger partial charge in [0.15, 0.2) is 17.3 Å². The highest BCUT2D eigenvalue weighted by Crippen LogP contribution is 2.43. The second-order valence-electron chi connectivity index (χ2n) is 8.27. The summed E-state index contributed by atoms with van der Waals surface area (Å²) in [6.45, 7) is -2.68. The van der Waals surface area contributed by atoms with Gasteiger partial charge in [-0.25, -0.2) is 9.07 Å². The molecule has 0 atom stereocenters. The summed E-state index contributed by atoms with van der Waals surface area (Å²) >= 11 is 0. The van der Waals surface area contributed by atoms with Crippen molar-refractivity contribution >= 4 is 23.2 Å². The van der Waals surface area contributed by atoms with E-state index < -0.39 is 41.9 Å². The first-order valence-corrected chi connectivity index (χ1v) is 10.8. The smallest absolute Gasteiger partial charge is 0.344 e. The van der Waals surface area contributed by atoms with Gasteiger partial charge in [0.25, 0.3) is 6.21 Å². The Morgan fingerprint density at radius 1 is 0.972 bits per heavy atom. The molecule has 2 aromatic carbocycles. The number of alkyl halides is 4. The number of hydrogen-bond donors (Lipinski definition) is 0. The van der Waals surface area contributed by atoms with Gasteiger partial charge < -0.3 is 9.64 Å². The number of ether oxygens (including phenoxy) is 1. The van der Waals surface area contributed by atoms with Crippen LogP contribution in [0.1, 0.15) is 11.3 Å². The minimum Gasteiger partial charge on any atom is -0.491 e.